The molecule has 0 bridgehead atoms. The number of ether oxygens (including phenoxy) is 1. The number of aliphatic carboxylic acids is 2. The first kappa shape index (κ1) is 30.3. The predicted molar refractivity (Wildman–Crippen MR) is 164 cm³/mol. The Morgan fingerprint density at radius 1 is 0.795 bits per heavy atom. The zero-order valence-corrected chi connectivity index (χ0v) is 24.2. The Kier molecular flexibility index (Phi) is 9.26. The van der Waals surface area contributed by atoms with Gasteiger partial charge >= 0.3 is 18.0 Å². The molecule has 0 saturated carbocycles. The third-order valence-corrected chi connectivity index (χ3v) is 7.99. The Labute approximate surface area is 255 Å². The number of carbonyl (C=O) groups excluding carboxylic acids is 1. The molecule has 1 unspecified atom stereocenters. The van der Waals surface area contributed by atoms with Gasteiger partial charge in [0.05, 0.1) is 0 Å². The van der Waals surface area contributed by atoms with Gasteiger partial charge in [-0.05, 0) is 57.5 Å². The average Bonchev–Trinajstić information content (AvgIpc) is 3.35. The standard InChI is InChI=1S/C35H34N2O7/c1-2-23-19-25(38)17-16-24(23)20-31(33(39)40)36-37(32(34(41)42)18-22-10-4-3-5-11-22)35(43)44-21-30-28-14-8-6-12-26(28)27-13-7-9-15-29(27)30/h3-17,19,30-32,36,38H,2,18,20-21H2,1H3,(H,39,40)(H,41,42)/t31?,32-/m0/s1. The quantitative estimate of drug-likeness (QED) is 0.160. The summed E-state index contributed by atoms with van der Waals surface area (Å²) in [5, 5.41) is 31.2. The van der Waals surface area contributed by atoms with Gasteiger partial charge in [-0.15, -0.1) is 0 Å². The molecular weight excluding hydrogens is 560 g/mol. The van der Waals surface area contributed by atoms with Crippen molar-refractivity contribution in [3.8, 4) is 16.9 Å². The lowest BCUT2D eigenvalue weighted by Gasteiger charge is -2.32. The molecule has 5 rings (SSSR count). The van der Waals surface area contributed by atoms with Crippen molar-refractivity contribution in [2.24, 2.45) is 0 Å². The molecule has 9 nitrogen and oxygen atoms in total. The normalized spacial score (nSPS) is 13.4. The highest BCUT2D eigenvalue weighted by Gasteiger charge is 2.36. The number of phenols is 1. The minimum atomic E-state index is -1.47. The van der Waals surface area contributed by atoms with E-state index in [-0.39, 0.29) is 31.1 Å². The van der Waals surface area contributed by atoms with Gasteiger partial charge in [0.25, 0.3) is 0 Å². The number of rotatable bonds is 12. The van der Waals surface area contributed by atoms with Crippen LogP contribution in [0.2, 0.25) is 0 Å². The second kappa shape index (κ2) is 13.4. The van der Waals surface area contributed by atoms with Gasteiger partial charge in [-0.2, -0.15) is 0 Å². The van der Waals surface area contributed by atoms with Crippen LogP contribution in [0.3, 0.4) is 0 Å². The van der Waals surface area contributed by atoms with Crippen LogP contribution in [0.25, 0.3) is 11.1 Å². The summed E-state index contributed by atoms with van der Waals surface area (Å²) >= 11 is 0. The molecule has 0 saturated heterocycles. The van der Waals surface area contributed by atoms with E-state index < -0.39 is 30.1 Å². The molecule has 44 heavy (non-hydrogen) atoms. The zero-order chi connectivity index (χ0) is 31.2. The number of aryl methyl sites for hydroxylation is 1. The molecule has 2 atom stereocenters. The Morgan fingerprint density at radius 2 is 1.41 bits per heavy atom. The van der Waals surface area contributed by atoms with E-state index in [9.17, 15) is 29.7 Å². The van der Waals surface area contributed by atoms with Crippen LogP contribution in [0.5, 0.6) is 5.75 Å². The number of hydrogen-bond acceptors (Lipinski definition) is 6. The van der Waals surface area contributed by atoms with Crippen LogP contribution in [-0.2, 0) is 33.6 Å². The first-order valence-electron chi connectivity index (χ1n) is 14.5. The zero-order valence-electron chi connectivity index (χ0n) is 24.2. The van der Waals surface area contributed by atoms with Gasteiger partial charge in [0.2, 0.25) is 0 Å². The van der Waals surface area contributed by atoms with Gasteiger partial charge in [-0.3, -0.25) is 4.79 Å². The van der Waals surface area contributed by atoms with Crippen LogP contribution in [0, 0.1) is 0 Å². The lowest BCUT2D eigenvalue weighted by molar-refractivity contribution is -0.148. The highest BCUT2D eigenvalue weighted by molar-refractivity contribution is 5.82. The minimum Gasteiger partial charge on any atom is -0.508 e. The Balaban J connectivity index is 1.44. The van der Waals surface area contributed by atoms with Crippen LogP contribution in [0.15, 0.2) is 97.1 Å². The molecule has 4 aromatic rings. The van der Waals surface area contributed by atoms with Crippen molar-refractivity contribution in [1.29, 1.82) is 0 Å². The molecule has 226 valence electrons. The van der Waals surface area contributed by atoms with E-state index in [1.807, 2.05) is 55.5 Å². The molecule has 4 N–H and O–H groups in total. The van der Waals surface area contributed by atoms with Gasteiger partial charge in [0, 0.05) is 18.8 Å². The molecule has 1 amide bonds. The fourth-order valence-corrected chi connectivity index (χ4v) is 5.78. The van der Waals surface area contributed by atoms with Crippen molar-refractivity contribution in [2.75, 3.05) is 6.61 Å². The summed E-state index contributed by atoms with van der Waals surface area (Å²) < 4.78 is 5.80. The highest BCUT2D eigenvalue weighted by Crippen LogP contribution is 2.44. The van der Waals surface area contributed by atoms with Gasteiger partial charge in [-0.25, -0.2) is 20.0 Å². The van der Waals surface area contributed by atoms with Crippen LogP contribution in [0.4, 0.5) is 4.79 Å². The summed E-state index contributed by atoms with van der Waals surface area (Å²) in [6.45, 7) is 1.81. The second-order valence-electron chi connectivity index (χ2n) is 10.7. The molecule has 9 heteroatoms. The molecule has 0 aromatic heterocycles. The first-order chi connectivity index (χ1) is 21.3. The molecule has 0 fully saturated rings. The number of hydrogen-bond donors (Lipinski definition) is 4. The van der Waals surface area contributed by atoms with Gasteiger partial charge < -0.3 is 20.1 Å². The Morgan fingerprint density at radius 3 is 2.00 bits per heavy atom. The van der Waals surface area contributed by atoms with Crippen molar-refractivity contribution in [1.82, 2.24) is 10.4 Å². The van der Waals surface area contributed by atoms with E-state index in [0.717, 1.165) is 32.8 Å². The molecule has 0 heterocycles. The maximum atomic E-state index is 13.8. The second-order valence-corrected chi connectivity index (χ2v) is 10.7. The number of carboxylic acids is 2. The first-order valence-corrected chi connectivity index (χ1v) is 14.5. The molecule has 0 aliphatic heterocycles. The molecular formula is C35H34N2O7. The lowest BCUT2D eigenvalue weighted by atomic mass is 9.98. The van der Waals surface area contributed by atoms with Crippen LogP contribution >= 0.6 is 0 Å². The maximum Gasteiger partial charge on any atom is 0.425 e. The molecule has 0 radical (unpaired) electrons. The Bertz CT molecular complexity index is 1610. The summed E-state index contributed by atoms with van der Waals surface area (Å²) in [6.07, 6.45) is -0.608. The summed E-state index contributed by atoms with van der Waals surface area (Å²) in [5.41, 5.74) is 8.79. The molecule has 4 aromatic carbocycles. The number of carbonyl (C=O) groups is 3. The summed E-state index contributed by atoms with van der Waals surface area (Å²) in [7, 11) is 0. The van der Waals surface area contributed by atoms with Crippen molar-refractivity contribution < 1.29 is 34.4 Å². The Hall–Kier alpha value is -5.15. The minimum absolute atomic E-state index is 0.0551. The number of aromatic hydroxyl groups is 1. The van der Waals surface area contributed by atoms with Crippen molar-refractivity contribution >= 4 is 18.0 Å². The number of amides is 1. The number of fused-ring (bicyclic) bond motifs is 3. The predicted octanol–water partition coefficient (Wildman–Crippen LogP) is 5.40. The lowest BCUT2D eigenvalue weighted by Crippen LogP contribution is -2.59. The smallest absolute Gasteiger partial charge is 0.425 e. The highest BCUT2D eigenvalue weighted by atomic mass is 16.6. The third kappa shape index (κ3) is 6.58. The number of carboxylic acid groups (broad SMARTS) is 2. The van der Waals surface area contributed by atoms with Crippen molar-refractivity contribution in [3.63, 3.8) is 0 Å². The number of hydrazine groups is 1. The van der Waals surface area contributed by atoms with Gasteiger partial charge in [0.1, 0.15) is 18.4 Å². The number of benzene rings is 4. The fraction of sp³-hybridized carbons (Fsp3) is 0.229. The molecule has 0 spiro atoms. The van der Waals surface area contributed by atoms with Crippen LogP contribution < -0.4 is 5.43 Å². The topological polar surface area (TPSA) is 136 Å². The van der Waals surface area contributed by atoms with E-state index in [2.05, 4.69) is 5.43 Å². The van der Waals surface area contributed by atoms with E-state index in [0.29, 0.717) is 17.5 Å². The third-order valence-electron chi connectivity index (χ3n) is 7.99. The SMILES string of the molecule is CCc1cc(O)ccc1CC(NN(C(=O)OCC1c2ccccc2-c2ccccc21)[C@@H](Cc1ccccc1)C(=O)O)C(=O)O. The van der Waals surface area contributed by atoms with Crippen LogP contribution in [0.1, 0.15) is 40.7 Å². The van der Waals surface area contributed by atoms with E-state index in [4.69, 9.17) is 4.74 Å². The number of phenolic OH excluding ortho intramolecular Hbond substituents is 1. The fourth-order valence-electron chi connectivity index (χ4n) is 5.78. The monoisotopic (exact) mass is 594 g/mol. The van der Waals surface area contributed by atoms with E-state index in [1.54, 1.807) is 42.5 Å². The van der Waals surface area contributed by atoms with Gasteiger partial charge in [0.15, 0.2) is 6.04 Å². The van der Waals surface area contributed by atoms with Crippen molar-refractivity contribution in [3.05, 3.63) is 125 Å². The van der Waals surface area contributed by atoms with E-state index in [1.165, 1.54) is 6.07 Å². The number of nitrogens with one attached hydrogen (secondary N) is 1. The summed E-state index contributed by atoms with van der Waals surface area (Å²) in [5.74, 6) is -2.82. The average molecular weight is 595 g/mol. The maximum absolute atomic E-state index is 13.8. The number of nitrogens with zero attached hydrogens (tertiary/aromatic N) is 1. The largest absolute Gasteiger partial charge is 0.508 e. The van der Waals surface area contributed by atoms with Crippen molar-refractivity contribution in [2.45, 2.75) is 44.2 Å². The van der Waals surface area contributed by atoms with E-state index >= 15 is 0 Å². The molecule has 1 aliphatic rings. The van der Waals surface area contributed by atoms with Gasteiger partial charge in [-0.1, -0.05) is 91.9 Å². The summed E-state index contributed by atoms with van der Waals surface area (Å²) in [4.78, 5) is 38.9. The molecule has 1 aliphatic carbocycles. The summed E-state index contributed by atoms with van der Waals surface area (Å²) in [6, 6.07) is 26.3. The van der Waals surface area contributed by atoms with Crippen LogP contribution in [-0.4, -0.2) is 57.1 Å².